The Kier molecular flexibility index (Phi) is 6.75. The molecule has 4 rings (SSSR count). The molecule has 2 aromatic heterocycles. The average Bonchev–Trinajstić information content (AvgIpc) is 3.51. The number of aromatic nitrogens is 4. The van der Waals surface area contributed by atoms with Gasteiger partial charge in [0.05, 0.1) is 19.9 Å². The van der Waals surface area contributed by atoms with Crippen molar-refractivity contribution < 1.29 is 14.3 Å². The van der Waals surface area contributed by atoms with Gasteiger partial charge in [0.15, 0.2) is 0 Å². The number of H-pyrrole nitrogens is 1. The molecule has 1 N–H and O–H groups in total. The summed E-state index contributed by atoms with van der Waals surface area (Å²) in [7, 11) is 3.22. The molecule has 0 aliphatic carbocycles. The van der Waals surface area contributed by atoms with Crippen LogP contribution in [0.1, 0.15) is 23.2 Å². The lowest BCUT2D eigenvalue weighted by Crippen LogP contribution is -2.49. The number of rotatable bonds is 8. The monoisotopic (exact) mass is 438 g/mol. The summed E-state index contributed by atoms with van der Waals surface area (Å²) in [5.74, 6) is 2.46. The Labute approximate surface area is 187 Å². The topological polar surface area (TPSA) is 88.5 Å². The van der Waals surface area contributed by atoms with E-state index >= 15 is 0 Å². The third kappa shape index (κ3) is 4.62. The average molecular weight is 439 g/mol. The number of carbonyl (C=O) groups excluding carboxylic acids is 1. The number of imidazole rings is 1. The zero-order valence-corrected chi connectivity index (χ0v) is 18.9. The summed E-state index contributed by atoms with van der Waals surface area (Å²) < 4.78 is 13.0. The molecule has 0 radical (unpaired) electrons. The van der Waals surface area contributed by atoms with Gasteiger partial charge in [-0.2, -0.15) is 5.10 Å². The number of nitrogens with one attached hydrogen (secondary N) is 1. The molecule has 0 saturated carbocycles. The van der Waals surface area contributed by atoms with Gasteiger partial charge in [-0.3, -0.25) is 14.8 Å². The number of aromatic amines is 1. The number of aryl methyl sites for hydroxylation is 1. The Balaban J connectivity index is 1.36. The highest BCUT2D eigenvalue weighted by molar-refractivity contribution is 5.93. The summed E-state index contributed by atoms with van der Waals surface area (Å²) in [6, 6.07) is 7.29. The van der Waals surface area contributed by atoms with Crippen LogP contribution < -0.4 is 9.47 Å². The van der Waals surface area contributed by atoms with Gasteiger partial charge in [0.2, 0.25) is 0 Å². The molecule has 3 heterocycles. The number of hydrogen-bond donors (Lipinski definition) is 1. The van der Waals surface area contributed by atoms with E-state index in [4.69, 9.17) is 9.47 Å². The maximum Gasteiger partial charge on any atom is 0.271 e. The highest BCUT2D eigenvalue weighted by Crippen LogP contribution is 2.32. The minimum absolute atomic E-state index is 0.0341. The zero-order valence-electron chi connectivity index (χ0n) is 18.9. The van der Waals surface area contributed by atoms with Gasteiger partial charge in [0.1, 0.15) is 23.0 Å². The van der Waals surface area contributed by atoms with Gasteiger partial charge in [-0.1, -0.05) is 6.92 Å². The predicted octanol–water partition coefficient (Wildman–Crippen LogP) is 2.31. The molecular formula is C23H30N6O3. The van der Waals surface area contributed by atoms with E-state index in [1.54, 1.807) is 20.3 Å². The molecular weight excluding hydrogens is 408 g/mol. The molecule has 0 spiro atoms. The van der Waals surface area contributed by atoms with Gasteiger partial charge >= 0.3 is 0 Å². The van der Waals surface area contributed by atoms with E-state index in [1.807, 2.05) is 35.5 Å². The van der Waals surface area contributed by atoms with E-state index < -0.39 is 0 Å². The maximum atomic E-state index is 13.0. The van der Waals surface area contributed by atoms with Gasteiger partial charge in [-0.05, 0) is 24.3 Å². The molecule has 32 heavy (non-hydrogen) atoms. The summed E-state index contributed by atoms with van der Waals surface area (Å²) in [5.41, 5.74) is 1.90. The van der Waals surface area contributed by atoms with Gasteiger partial charge in [-0.25, -0.2) is 4.98 Å². The molecule has 1 amide bonds. The van der Waals surface area contributed by atoms with Crippen LogP contribution in [0.3, 0.4) is 0 Å². The fourth-order valence-electron chi connectivity index (χ4n) is 4.04. The van der Waals surface area contributed by atoms with E-state index in [0.29, 0.717) is 36.0 Å². The number of nitrogens with zero attached hydrogens (tertiary/aromatic N) is 5. The van der Waals surface area contributed by atoms with Gasteiger partial charge in [0.25, 0.3) is 5.91 Å². The molecule has 1 saturated heterocycles. The van der Waals surface area contributed by atoms with Crippen LogP contribution in [0.5, 0.6) is 11.5 Å². The van der Waals surface area contributed by atoms with Gasteiger partial charge in [0, 0.05) is 63.6 Å². The second-order valence-electron chi connectivity index (χ2n) is 7.76. The quantitative estimate of drug-likeness (QED) is 0.581. The molecule has 170 valence electrons. The Hall–Kier alpha value is -3.33. The van der Waals surface area contributed by atoms with E-state index in [-0.39, 0.29) is 5.91 Å². The fourth-order valence-corrected chi connectivity index (χ4v) is 4.04. The lowest BCUT2D eigenvalue weighted by molar-refractivity contribution is 0.0627. The number of methoxy groups -OCH3 is 2. The van der Waals surface area contributed by atoms with Crippen molar-refractivity contribution in [2.45, 2.75) is 19.9 Å². The smallest absolute Gasteiger partial charge is 0.271 e. The lowest BCUT2D eigenvalue weighted by atomic mass is 10.1. The molecule has 1 fully saturated rings. The fraction of sp³-hybridized carbons (Fsp3) is 0.435. The van der Waals surface area contributed by atoms with Gasteiger partial charge < -0.3 is 18.9 Å². The van der Waals surface area contributed by atoms with Crippen molar-refractivity contribution in [1.82, 2.24) is 29.5 Å². The molecule has 3 aromatic rings. The van der Waals surface area contributed by atoms with Crippen molar-refractivity contribution in [1.29, 1.82) is 0 Å². The molecule has 0 atom stereocenters. The number of hydrogen-bond acceptors (Lipinski definition) is 6. The number of ether oxygens (including phenoxy) is 2. The second-order valence-corrected chi connectivity index (χ2v) is 7.76. The van der Waals surface area contributed by atoms with Crippen LogP contribution in [0, 0.1) is 0 Å². The van der Waals surface area contributed by atoms with E-state index in [1.165, 1.54) is 0 Å². The first-order valence-electron chi connectivity index (χ1n) is 10.9. The number of piperazine rings is 1. The van der Waals surface area contributed by atoms with Crippen molar-refractivity contribution in [2.75, 3.05) is 46.9 Å². The van der Waals surface area contributed by atoms with Crippen molar-refractivity contribution >= 4 is 5.91 Å². The van der Waals surface area contributed by atoms with Crippen LogP contribution in [0.15, 0.2) is 36.7 Å². The summed E-state index contributed by atoms with van der Waals surface area (Å²) in [4.78, 5) is 21.7. The predicted molar refractivity (Wildman–Crippen MR) is 121 cm³/mol. The minimum atomic E-state index is -0.0341. The molecule has 0 unspecified atom stereocenters. The third-order valence-corrected chi connectivity index (χ3v) is 5.93. The SMILES string of the molecule is CCc1nccn1CCN1CCN(C(=O)c2cc(-c3cc(OC)ccc3OC)n[nH]2)CC1. The Bertz CT molecular complexity index is 1050. The molecule has 1 aliphatic heterocycles. The highest BCUT2D eigenvalue weighted by Gasteiger charge is 2.24. The van der Waals surface area contributed by atoms with Gasteiger partial charge in [-0.15, -0.1) is 0 Å². The number of carbonyl (C=O) groups is 1. The third-order valence-electron chi connectivity index (χ3n) is 5.93. The van der Waals surface area contributed by atoms with E-state index in [2.05, 4.69) is 31.6 Å². The standard InChI is InChI=1S/C23H30N6O3/c1-4-22-24-7-8-28(22)12-9-27-10-13-29(14-11-27)23(30)20-16-19(25-26-20)18-15-17(31-2)5-6-21(18)32-3/h5-8,15-16H,4,9-14H2,1-3H3,(H,25,26). The normalized spacial score (nSPS) is 14.5. The Morgan fingerprint density at radius 2 is 1.91 bits per heavy atom. The minimum Gasteiger partial charge on any atom is -0.497 e. The van der Waals surface area contributed by atoms with Crippen LogP contribution in [0.25, 0.3) is 11.3 Å². The van der Waals surface area contributed by atoms with Crippen LogP contribution in [0.2, 0.25) is 0 Å². The van der Waals surface area contributed by atoms with Crippen molar-refractivity contribution in [3.63, 3.8) is 0 Å². The largest absolute Gasteiger partial charge is 0.497 e. The molecule has 0 bridgehead atoms. The first kappa shape index (κ1) is 21.9. The van der Waals surface area contributed by atoms with Crippen molar-refractivity contribution in [3.05, 3.63) is 48.2 Å². The van der Waals surface area contributed by atoms with Crippen LogP contribution in [0.4, 0.5) is 0 Å². The van der Waals surface area contributed by atoms with Crippen LogP contribution >= 0.6 is 0 Å². The molecule has 1 aliphatic rings. The van der Waals surface area contributed by atoms with Crippen LogP contribution in [-0.2, 0) is 13.0 Å². The van der Waals surface area contributed by atoms with E-state index in [0.717, 1.165) is 44.0 Å². The summed E-state index contributed by atoms with van der Waals surface area (Å²) in [6.45, 7) is 7.09. The maximum absolute atomic E-state index is 13.0. The van der Waals surface area contributed by atoms with E-state index in [9.17, 15) is 4.79 Å². The molecule has 9 nitrogen and oxygen atoms in total. The lowest BCUT2D eigenvalue weighted by Gasteiger charge is -2.34. The Morgan fingerprint density at radius 3 is 2.62 bits per heavy atom. The summed E-state index contributed by atoms with van der Waals surface area (Å²) in [6.07, 6.45) is 4.82. The summed E-state index contributed by atoms with van der Waals surface area (Å²) >= 11 is 0. The number of benzene rings is 1. The highest BCUT2D eigenvalue weighted by atomic mass is 16.5. The number of amides is 1. The van der Waals surface area contributed by atoms with Crippen molar-refractivity contribution in [2.24, 2.45) is 0 Å². The first-order chi connectivity index (χ1) is 15.6. The molecule has 1 aromatic carbocycles. The van der Waals surface area contributed by atoms with Crippen LogP contribution in [-0.4, -0.2) is 82.4 Å². The second kappa shape index (κ2) is 9.86. The zero-order chi connectivity index (χ0) is 22.5. The first-order valence-corrected chi connectivity index (χ1v) is 10.9. The molecule has 9 heteroatoms. The summed E-state index contributed by atoms with van der Waals surface area (Å²) in [5, 5.41) is 7.24. The van der Waals surface area contributed by atoms with Crippen molar-refractivity contribution in [3.8, 4) is 22.8 Å². The Morgan fingerprint density at radius 1 is 1.09 bits per heavy atom.